The van der Waals surface area contributed by atoms with Crippen LogP contribution in [0.25, 0.3) is 10.9 Å². The van der Waals surface area contributed by atoms with Crippen LogP contribution in [0.4, 0.5) is 0 Å². The first-order valence-corrected chi connectivity index (χ1v) is 17.0. The van der Waals surface area contributed by atoms with Gasteiger partial charge < -0.3 is 26.0 Å². The van der Waals surface area contributed by atoms with Crippen molar-refractivity contribution in [2.75, 3.05) is 32.7 Å². The third kappa shape index (κ3) is 8.24. The summed E-state index contributed by atoms with van der Waals surface area (Å²) in [6.07, 6.45) is 2.11. The number of aromatic nitrogens is 1. The highest BCUT2D eigenvalue weighted by molar-refractivity contribution is 7.89. The number of halogens is 2. The number of fused-ring (bicyclic) bond motifs is 1. The minimum Gasteiger partial charge on any atom is -0.487 e. The number of hydrogen-bond donors (Lipinski definition) is 3. The lowest BCUT2D eigenvalue weighted by Crippen LogP contribution is -2.61. The highest BCUT2D eigenvalue weighted by Gasteiger charge is 2.39. The van der Waals surface area contributed by atoms with Crippen LogP contribution in [0.1, 0.15) is 44.4 Å². The Morgan fingerprint density at radius 3 is 2.42 bits per heavy atom. The van der Waals surface area contributed by atoms with Gasteiger partial charge in [-0.1, -0.05) is 47.8 Å². The van der Waals surface area contributed by atoms with Gasteiger partial charge in [-0.25, -0.2) is 13.4 Å². The molecule has 3 aromatic rings. The number of nitrogens with two attached hydrogens (primary N) is 2. The molecular weight excluding hydrogens is 639 g/mol. The normalized spacial score (nSPS) is 14.9. The molecule has 0 spiro atoms. The second kappa shape index (κ2) is 14.6. The molecule has 2 amide bonds. The van der Waals surface area contributed by atoms with Crippen LogP contribution < -0.4 is 20.9 Å². The number of pyridine rings is 1. The van der Waals surface area contributed by atoms with Crippen molar-refractivity contribution < 1.29 is 22.7 Å². The van der Waals surface area contributed by atoms with Gasteiger partial charge in [0.1, 0.15) is 28.3 Å². The number of para-hydroxylation sites is 1. The lowest BCUT2D eigenvalue weighted by Gasteiger charge is -2.39. The second-order valence-electron chi connectivity index (χ2n) is 11.6. The number of benzene rings is 2. The van der Waals surface area contributed by atoms with E-state index in [1.54, 1.807) is 11.0 Å². The average Bonchev–Trinajstić information content (AvgIpc) is 2.99. The Hall–Kier alpha value is -3.00. The van der Waals surface area contributed by atoms with Crippen molar-refractivity contribution in [3.63, 3.8) is 0 Å². The van der Waals surface area contributed by atoms with Gasteiger partial charge >= 0.3 is 0 Å². The number of nitrogens with one attached hydrogen (secondary N) is 1. The Morgan fingerprint density at radius 1 is 1.04 bits per heavy atom. The summed E-state index contributed by atoms with van der Waals surface area (Å²) in [6, 6.07) is 11.5. The zero-order valence-electron chi connectivity index (χ0n) is 25.7. The molecule has 45 heavy (non-hydrogen) atoms. The van der Waals surface area contributed by atoms with Crippen LogP contribution in [-0.2, 0) is 26.2 Å². The molecule has 11 nitrogen and oxygen atoms in total. The number of sulfonamides is 1. The average molecular weight is 680 g/mol. The first-order chi connectivity index (χ1) is 21.2. The van der Waals surface area contributed by atoms with Crippen molar-refractivity contribution in [3.8, 4) is 5.75 Å². The number of aryl methyl sites for hydroxylation is 1. The van der Waals surface area contributed by atoms with E-state index in [2.05, 4.69) is 9.71 Å². The molecule has 1 saturated heterocycles. The van der Waals surface area contributed by atoms with Crippen LogP contribution in [-0.4, -0.2) is 79.3 Å². The van der Waals surface area contributed by atoms with Crippen LogP contribution in [0.3, 0.4) is 0 Å². The molecule has 1 unspecified atom stereocenters. The summed E-state index contributed by atoms with van der Waals surface area (Å²) in [4.78, 5) is 33.7. The SMILES string of the molecule is Cc1ccc2cccc(OCc3c(Cl)ccc(S(=O)(=O)NC(C)(C)C(=O)N4CCN(C(=O)C(N)CCCCN)CC4)c3Cl)c2n1. The van der Waals surface area contributed by atoms with Crippen molar-refractivity contribution >= 4 is 55.9 Å². The fourth-order valence-electron chi connectivity index (χ4n) is 5.23. The zero-order valence-corrected chi connectivity index (χ0v) is 28.0. The summed E-state index contributed by atoms with van der Waals surface area (Å²) in [5, 5.41) is 1.00. The quantitative estimate of drug-likeness (QED) is 0.245. The molecule has 244 valence electrons. The molecular formula is C31H40Cl2N6O5S. The van der Waals surface area contributed by atoms with E-state index >= 15 is 0 Å². The molecule has 0 bridgehead atoms. The largest absolute Gasteiger partial charge is 0.487 e. The molecule has 2 heterocycles. The highest BCUT2D eigenvalue weighted by atomic mass is 35.5. The smallest absolute Gasteiger partial charge is 0.243 e. The van der Waals surface area contributed by atoms with Gasteiger partial charge in [-0.05, 0) is 64.4 Å². The first-order valence-electron chi connectivity index (χ1n) is 14.8. The molecule has 1 aromatic heterocycles. The number of carbonyl (C=O) groups excluding carboxylic acids is 2. The third-order valence-corrected chi connectivity index (χ3v) is 10.3. The van der Waals surface area contributed by atoms with E-state index in [9.17, 15) is 18.0 Å². The summed E-state index contributed by atoms with van der Waals surface area (Å²) < 4.78 is 35.7. The molecule has 0 saturated carbocycles. The van der Waals surface area contributed by atoms with Gasteiger partial charge in [0.15, 0.2) is 0 Å². The lowest BCUT2D eigenvalue weighted by molar-refractivity contribution is -0.143. The van der Waals surface area contributed by atoms with Crippen molar-refractivity contribution in [1.82, 2.24) is 19.5 Å². The maximum atomic E-state index is 13.6. The number of piperazine rings is 1. The topological polar surface area (TPSA) is 161 Å². The summed E-state index contributed by atoms with van der Waals surface area (Å²) >= 11 is 13.1. The van der Waals surface area contributed by atoms with Crippen LogP contribution >= 0.6 is 23.2 Å². The molecule has 0 aliphatic carbocycles. The number of hydrogen-bond acceptors (Lipinski definition) is 8. The summed E-state index contributed by atoms with van der Waals surface area (Å²) in [6.45, 7) is 6.38. The Kier molecular flexibility index (Phi) is 11.3. The fourth-order valence-corrected chi connectivity index (χ4v) is 7.49. The number of ether oxygens (including phenoxy) is 1. The van der Waals surface area contributed by atoms with E-state index in [0.29, 0.717) is 37.3 Å². The third-order valence-electron chi connectivity index (χ3n) is 7.72. The number of unbranched alkanes of at least 4 members (excludes halogenated alkanes) is 1. The van der Waals surface area contributed by atoms with Crippen LogP contribution in [0.5, 0.6) is 5.75 Å². The highest BCUT2D eigenvalue weighted by Crippen LogP contribution is 2.34. The molecule has 1 atom stereocenters. The summed E-state index contributed by atoms with van der Waals surface area (Å²) in [7, 11) is -4.29. The molecule has 14 heteroatoms. The van der Waals surface area contributed by atoms with Crippen molar-refractivity contribution in [2.24, 2.45) is 11.5 Å². The minimum atomic E-state index is -4.29. The molecule has 1 aliphatic rings. The number of carbonyl (C=O) groups is 2. The number of nitrogens with zero attached hydrogens (tertiary/aromatic N) is 3. The molecule has 2 aromatic carbocycles. The van der Waals surface area contributed by atoms with E-state index in [1.165, 1.54) is 30.9 Å². The molecule has 4 rings (SSSR count). The summed E-state index contributed by atoms with van der Waals surface area (Å²) in [5.41, 5.74) is 11.8. The van der Waals surface area contributed by atoms with Crippen LogP contribution in [0.2, 0.25) is 10.0 Å². The molecule has 5 N–H and O–H groups in total. The van der Waals surface area contributed by atoms with E-state index in [-0.39, 0.29) is 46.1 Å². The van der Waals surface area contributed by atoms with Crippen molar-refractivity contribution in [1.29, 1.82) is 0 Å². The van der Waals surface area contributed by atoms with Gasteiger partial charge in [-0.3, -0.25) is 9.59 Å². The maximum Gasteiger partial charge on any atom is 0.243 e. The molecule has 0 radical (unpaired) electrons. The molecule has 1 fully saturated rings. The van der Waals surface area contributed by atoms with E-state index in [4.69, 9.17) is 39.4 Å². The van der Waals surface area contributed by atoms with Crippen LogP contribution in [0.15, 0.2) is 47.4 Å². The molecule has 1 aliphatic heterocycles. The number of amides is 2. The van der Waals surface area contributed by atoms with Gasteiger partial charge in [0.2, 0.25) is 21.8 Å². The Bertz CT molecular complexity index is 1660. The van der Waals surface area contributed by atoms with Gasteiger partial charge in [0.05, 0.1) is 11.1 Å². The Balaban J connectivity index is 1.44. The van der Waals surface area contributed by atoms with Gasteiger partial charge in [-0.2, -0.15) is 4.72 Å². The monoisotopic (exact) mass is 678 g/mol. The van der Waals surface area contributed by atoms with Gasteiger partial charge in [0, 0.05) is 47.8 Å². The van der Waals surface area contributed by atoms with Crippen molar-refractivity contribution in [3.05, 3.63) is 63.8 Å². The standard InChI is InChI=1S/C31H40Cl2N6O5S/c1-20-10-11-21-7-6-9-25(28(21)36-20)44-19-22-23(32)12-13-26(27(22)33)45(42,43)37-31(2,3)30(41)39-17-15-38(16-18-39)29(40)24(35)8-4-5-14-34/h6-7,9-13,24,37H,4-5,8,14-19,34-35H2,1-3H3. The predicted octanol–water partition coefficient (Wildman–Crippen LogP) is 3.61. The lowest BCUT2D eigenvalue weighted by atomic mass is 10.0. The summed E-state index contributed by atoms with van der Waals surface area (Å²) in [5.74, 6) is -0.0993. The van der Waals surface area contributed by atoms with E-state index in [0.717, 1.165) is 23.9 Å². The Labute approximate surface area is 274 Å². The Morgan fingerprint density at radius 2 is 1.73 bits per heavy atom. The minimum absolute atomic E-state index is 0.113. The van der Waals surface area contributed by atoms with Gasteiger partial charge in [-0.15, -0.1) is 0 Å². The van der Waals surface area contributed by atoms with Crippen LogP contribution in [0, 0.1) is 6.92 Å². The second-order valence-corrected chi connectivity index (χ2v) is 14.1. The van der Waals surface area contributed by atoms with E-state index in [1.807, 2.05) is 31.2 Å². The van der Waals surface area contributed by atoms with Crippen molar-refractivity contribution in [2.45, 2.75) is 63.1 Å². The number of rotatable bonds is 12. The maximum absolute atomic E-state index is 13.6. The predicted molar refractivity (Wildman–Crippen MR) is 176 cm³/mol. The zero-order chi connectivity index (χ0) is 32.9. The van der Waals surface area contributed by atoms with E-state index < -0.39 is 27.5 Å². The first kappa shape index (κ1) is 34.9. The van der Waals surface area contributed by atoms with Gasteiger partial charge in [0.25, 0.3) is 0 Å². The fraction of sp³-hybridized carbons (Fsp3) is 0.452.